The molecule has 0 radical (unpaired) electrons. The number of hydrogen-bond acceptors (Lipinski definition) is 5. The van der Waals surface area contributed by atoms with Crippen LogP contribution < -0.4 is 14.4 Å². The number of halogens is 1. The number of carbonyl (C=O) groups excluding carboxylic acids is 2. The van der Waals surface area contributed by atoms with Crippen LogP contribution in [0.5, 0.6) is 5.75 Å². The molecule has 0 unspecified atom stereocenters. The van der Waals surface area contributed by atoms with Crippen LogP contribution in [-0.2, 0) is 26.2 Å². The topological polar surface area (TPSA) is 96.0 Å². The van der Waals surface area contributed by atoms with Gasteiger partial charge in [-0.3, -0.25) is 13.9 Å². The van der Waals surface area contributed by atoms with Gasteiger partial charge in [-0.15, -0.1) is 0 Å². The number of methoxy groups -OCH3 is 1. The third-order valence-electron chi connectivity index (χ3n) is 6.21. The second-order valence-electron chi connectivity index (χ2n) is 9.14. The minimum Gasteiger partial charge on any atom is -0.497 e. The van der Waals surface area contributed by atoms with Crippen LogP contribution in [0, 0.1) is 6.92 Å². The second-order valence-corrected chi connectivity index (χ2v) is 11.4. The summed E-state index contributed by atoms with van der Waals surface area (Å²) in [5.74, 6) is -0.250. The molecule has 0 saturated carbocycles. The lowest BCUT2D eigenvalue weighted by Gasteiger charge is -2.32. The predicted octanol–water partition coefficient (Wildman–Crippen LogP) is 4.80. The maximum Gasteiger partial charge on any atom is 0.264 e. The number of aryl methyl sites for hydroxylation is 1. The standard InChI is InChI=1S/C29H34ClN3O5S/c1-5-17-31-29(35)22(3)32(19-23-7-6-8-26(18-23)38-4)28(34)20-33(25-13-9-21(2)10-14-25)39(36,37)27-15-11-24(30)12-16-27/h6-16,18,22H,5,17,19-20H2,1-4H3,(H,31,35)/t22-/m1/s1. The highest BCUT2D eigenvalue weighted by molar-refractivity contribution is 7.92. The molecule has 0 aromatic heterocycles. The SMILES string of the molecule is CCCNC(=O)[C@@H](C)N(Cc1cccc(OC)c1)C(=O)CN(c1ccc(C)cc1)S(=O)(=O)c1ccc(Cl)cc1. The van der Waals surface area contributed by atoms with Crippen molar-refractivity contribution in [2.75, 3.05) is 24.5 Å². The number of nitrogens with one attached hydrogen (secondary N) is 1. The predicted molar refractivity (Wildman–Crippen MR) is 153 cm³/mol. The number of rotatable bonds is 12. The van der Waals surface area contributed by atoms with Crippen LogP contribution in [0.15, 0.2) is 77.7 Å². The van der Waals surface area contributed by atoms with E-state index in [0.717, 1.165) is 21.9 Å². The van der Waals surface area contributed by atoms with Crippen LogP contribution in [0.3, 0.4) is 0 Å². The van der Waals surface area contributed by atoms with Crippen molar-refractivity contribution >= 4 is 39.1 Å². The van der Waals surface area contributed by atoms with Crippen molar-refractivity contribution in [1.29, 1.82) is 0 Å². The summed E-state index contributed by atoms with van der Waals surface area (Å²) in [6.45, 7) is 5.49. The van der Waals surface area contributed by atoms with Gasteiger partial charge in [0, 0.05) is 18.1 Å². The number of anilines is 1. The Morgan fingerprint density at radius 2 is 1.69 bits per heavy atom. The molecule has 1 N–H and O–H groups in total. The van der Waals surface area contributed by atoms with Gasteiger partial charge in [-0.25, -0.2) is 8.42 Å². The zero-order valence-electron chi connectivity index (χ0n) is 22.6. The Bertz CT molecular complexity index is 1380. The van der Waals surface area contributed by atoms with Gasteiger partial charge in [-0.2, -0.15) is 0 Å². The molecule has 3 aromatic rings. The van der Waals surface area contributed by atoms with Gasteiger partial charge in [0.2, 0.25) is 11.8 Å². The second kappa shape index (κ2) is 13.5. The summed E-state index contributed by atoms with van der Waals surface area (Å²) in [5.41, 5.74) is 2.00. The van der Waals surface area contributed by atoms with Gasteiger partial charge in [0.25, 0.3) is 10.0 Å². The van der Waals surface area contributed by atoms with Gasteiger partial charge in [0.1, 0.15) is 18.3 Å². The van der Waals surface area contributed by atoms with E-state index in [4.69, 9.17) is 16.3 Å². The molecule has 10 heteroatoms. The van der Waals surface area contributed by atoms with E-state index in [-0.39, 0.29) is 17.3 Å². The minimum atomic E-state index is -4.15. The van der Waals surface area contributed by atoms with Crippen LogP contribution in [0.25, 0.3) is 0 Å². The van der Waals surface area contributed by atoms with E-state index in [1.54, 1.807) is 56.5 Å². The molecule has 208 valence electrons. The van der Waals surface area contributed by atoms with Crippen LogP contribution in [0.4, 0.5) is 5.69 Å². The molecule has 3 aromatic carbocycles. The Labute approximate surface area is 235 Å². The van der Waals surface area contributed by atoms with E-state index in [9.17, 15) is 18.0 Å². The number of carbonyl (C=O) groups is 2. The summed E-state index contributed by atoms with van der Waals surface area (Å²) in [4.78, 5) is 28.2. The average Bonchev–Trinajstić information content (AvgIpc) is 2.93. The Morgan fingerprint density at radius 3 is 2.31 bits per heavy atom. The molecular weight excluding hydrogens is 538 g/mol. The molecule has 8 nitrogen and oxygen atoms in total. The Morgan fingerprint density at radius 1 is 1.03 bits per heavy atom. The van der Waals surface area contributed by atoms with Crippen LogP contribution in [0.2, 0.25) is 5.02 Å². The van der Waals surface area contributed by atoms with Gasteiger partial charge >= 0.3 is 0 Å². The highest BCUT2D eigenvalue weighted by atomic mass is 35.5. The van der Waals surface area contributed by atoms with Crippen LogP contribution >= 0.6 is 11.6 Å². The molecule has 0 aliphatic carbocycles. The van der Waals surface area contributed by atoms with Crippen molar-refractivity contribution in [2.45, 2.75) is 44.7 Å². The van der Waals surface area contributed by atoms with Crippen molar-refractivity contribution in [3.8, 4) is 5.75 Å². The number of ether oxygens (including phenoxy) is 1. The first kappa shape index (κ1) is 30.0. The monoisotopic (exact) mass is 571 g/mol. The van der Waals surface area contributed by atoms with Crippen molar-refractivity contribution in [3.63, 3.8) is 0 Å². The fraction of sp³-hybridized carbons (Fsp3) is 0.310. The van der Waals surface area contributed by atoms with Gasteiger partial charge in [-0.1, -0.05) is 48.4 Å². The smallest absolute Gasteiger partial charge is 0.264 e. The summed E-state index contributed by atoms with van der Waals surface area (Å²) in [7, 11) is -2.60. The van der Waals surface area contributed by atoms with Crippen molar-refractivity contribution < 1.29 is 22.7 Å². The fourth-order valence-corrected chi connectivity index (χ4v) is 5.46. The van der Waals surface area contributed by atoms with Gasteiger partial charge in [0.15, 0.2) is 0 Å². The van der Waals surface area contributed by atoms with Crippen molar-refractivity contribution in [2.24, 2.45) is 0 Å². The van der Waals surface area contributed by atoms with Gasteiger partial charge in [-0.05, 0) is 74.4 Å². The highest BCUT2D eigenvalue weighted by Gasteiger charge is 2.32. The summed E-state index contributed by atoms with van der Waals surface area (Å²) in [5, 5.41) is 3.22. The third kappa shape index (κ3) is 7.74. The first-order valence-corrected chi connectivity index (χ1v) is 14.4. The Kier molecular flexibility index (Phi) is 10.4. The Balaban J connectivity index is 2.02. The van der Waals surface area contributed by atoms with Crippen LogP contribution in [0.1, 0.15) is 31.4 Å². The molecule has 0 heterocycles. The molecule has 0 saturated heterocycles. The maximum absolute atomic E-state index is 13.9. The summed E-state index contributed by atoms with van der Waals surface area (Å²) in [6.07, 6.45) is 0.739. The van der Waals surface area contributed by atoms with E-state index < -0.39 is 28.5 Å². The zero-order valence-corrected chi connectivity index (χ0v) is 24.1. The van der Waals surface area contributed by atoms with E-state index in [1.165, 1.54) is 29.2 Å². The average molecular weight is 572 g/mol. The highest BCUT2D eigenvalue weighted by Crippen LogP contribution is 2.26. The fourth-order valence-electron chi connectivity index (χ4n) is 3.92. The quantitative estimate of drug-likeness (QED) is 0.337. The van der Waals surface area contributed by atoms with Crippen LogP contribution in [-0.4, -0.2) is 51.4 Å². The molecule has 0 spiro atoms. The largest absolute Gasteiger partial charge is 0.497 e. The maximum atomic E-state index is 13.9. The zero-order chi connectivity index (χ0) is 28.6. The molecule has 2 amide bonds. The first-order chi connectivity index (χ1) is 18.6. The Hall–Kier alpha value is -3.56. The molecular formula is C29H34ClN3O5S. The van der Waals surface area contributed by atoms with E-state index >= 15 is 0 Å². The lowest BCUT2D eigenvalue weighted by Crippen LogP contribution is -2.51. The number of amides is 2. The number of hydrogen-bond donors (Lipinski definition) is 1. The third-order valence-corrected chi connectivity index (χ3v) is 8.25. The van der Waals surface area contributed by atoms with E-state index in [0.29, 0.717) is 23.0 Å². The summed E-state index contributed by atoms with van der Waals surface area (Å²) < 4.78 is 34.0. The van der Waals surface area contributed by atoms with E-state index in [2.05, 4.69) is 5.32 Å². The minimum absolute atomic E-state index is 0.00615. The molecule has 1 atom stereocenters. The molecule has 0 bridgehead atoms. The first-order valence-electron chi connectivity index (χ1n) is 12.6. The van der Waals surface area contributed by atoms with Gasteiger partial charge < -0.3 is 15.0 Å². The van der Waals surface area contributed by atoms with Crippen molar-refractivity contribution in [1.82, 2.24) is 10.2 Å². The summed E-state index contributed by atoms with van der Waals surface area (Å²) in [6, 6.07) is 19.0. The van der Waals surface area contributed by atoms with Gasteiger partial charge in [0.05, 0.1) is 17.7 Å². The van der Waals surface area contributed by atoms with Crippen molar-refractivity contribution in [3.05, 3.63) is 88.9 Å². The molecule has 0 aliphatic rings. The molecule has 39 heavy (non-hydrogen) atoms. The van der Waals surface area contributed by atoms with E-state index in [1.807, 2.05) is 19.9 Å². The molecule has 0 fully saturated rings. The molecule has 3 rings (SSSR count). The normalized spacial score (nSPS) is 11.9. The number of benzene rings is 3. The number of nitrogens with zero attached hydrogens (tertiary/aromatic N) is 2. The lowest BCUT2D eigenvalue weighted by atomic mass is 10.1. The summed E-state index contributed by atoms with van der Waals surface area (Å²) >= 11 is 5.98. The molecule has 0 aliphatic heterocycles. The number of sulfonamides is 1. The lowest BCUT2D eigenvalue weighted by molar-refractivity contribution is -0.139.